The van der Waals surface area contributed by atoms with Gasteiger partial charge in [0.25, 0.3) is 0 Å². The van der Waals surface area contributed by atoms with Crippen molar-refractivity contribution < 1.29 is 9.90 Å². The highest BCUT2D eigenvalue weighted by Gasteiger charge is 2.26. The van der Waals surface area contributed by atoms with Crippen molar-refractivity contribution in [1.29, 1.82) is 0 Å². The van der Waals surface area contributed by atoms with Crippen LogP contribution in [0.5, 0.6) is 0 Å². The van der Waals surface area contributed by atoms with Crippen molar-refractivity contribution in [2.45, 2.75) is 19.4 Å². The Balaban J connectivity index is 4.13. The maximum Gasteiger partial charge on any atom is 0.328 e. The van der Waals surface area contributed by atoms with Gasteiger partial charge in [-0.05, 0) is 13.8 Å². The smallest absolute Gasteiger partial charge is 0.328 e. The van der Waals surface area contributed by atoms with Crippen molar-refractivity contribution in [3.63, 3.8) is 0 Å². The van der Waals surface area contributed by atoms with Crippen LogP contribution in [0.15, 0.2) is 0 Å². The normalized spacial score (nSPS) is 10.7. The highest BCUT2D eigenvalue weighted by atomic mass is 32.1. The molecule has 0 spiro atoms. The lowest BCUT2D eigenvalue weighted by atomic mass is 10.1. The third-order valence-electron chi connectivity index (χ3n) is 0.954. The van der Waals surface area contributed by atoms with Gasteiger partial charge < -0.3 is 10.4 Å². The number of carboxylic acid groups (broad SMARTS) is 1. The molecule has 0 saturated carbocycles. The molecule has 0 aromatic heterocycles. The van der Waals surface area contributed by atoms with Crippen LogP contribution in [-0.4, -0.2) is 20.9 Å². The van der Waals surface area contributed by atoms with E-state index in [1.807, 2.05) is 0 Å². The Hall–Kier alpha value is -0.290. The van der Waals surface area contributed by atoms with Gasteiger partial charge in [-0.2, -0.15) is 0 Å². The highest BCUT2D eigenvalue weighted by Crippen LogP contribution is 2.02. The van der Waals surface area contributed by atoms with Gasteiger partial charge in [0.15, 0.2) is 0 Å². The van der Waals surface area contributed by atoms with E-state index in [1.54, 1.807) is 0 Å². The van der Waals surface area contributed by atoms with Crippen LogP contribution in [-0.2, 0) is 4.79 Å². The van der Waals surface area contributed by atoms with E-state index in [0.717, 1.165) is 0 Å². The average molecular weight is 179 g/mol. The van der Waals surface area contributed by atoms with Crippen LogP contribution in [0.1, 0.15) is 13.8 Å². The molecule has 0 aliphatic rings. The van der Waals surface area contributed by atoms with Gasteiger partial charge in [-0.25, -0.2) is 4.79 Å². The number of hydrogen-bond donors (Lipinski definition) is 3. The second-order valence-corrected chi connectivity index (χ2v) is 3.52. The molecular formula is C5H9NO2S2. The van der Waals surface area contributed by atoms with Gasteiger partial charge in [-0.15, -0.1) is 12.6 Å². The largest absolute Gasteiger partial charge is 0.480 e. The van der Waals surface area contributed by atoms with Crippen LogP contribution >= 0.6 is 24.8 Å². The van der Waals surface area contributed by atoms with E-state index in [9.17, 15) is 4.79 Å². The Kier molecular flexibility index (Phi) is 3.11. The number of thiol groups is 1. The fraction of sp³-hybridized carbons (Fsp3) is 0.600. The maximum absolute atomic E-state index is 10.4. The fourth-order valence-electron chi connectivity index (χ4n) is 0.321. The molecule has 0 aromatic carbocycles. The summed E-state index contributed by atoms with van der Waals surface area (Å²) in [6.45, 7) is 3.02. The number of aliphatic carboxylic acids is 1. The van der Waals surface area contributed by atoms with E-state index < -0.39 is 11.5 Å². The van der Waals surface area contributed by atoms with Crippen LogP contribution in [0.3, 0.4) is 0 Å². The summed E-state index contributed by atoms with van der Waals surface area (Å²) in [5.74, 6) is -0.955. The van der Waals surface area contributed by atoms with Crippen molar-refractivity contribution in [2.24, 2.45) is 0 Å². The number of rotatable bonds is 2. The minimum Gasteiger partial charge on any atom is -0.480 e. The topological polar surface area (TPSA) is 49.3 Å². The van der Waals surface area contributed by atoms with Gasteiger partial charge in [-0.1, -0.05) is 12.2 Å². The Bertz CT molecular complexity index is 167. The third kappa shape index (κ3) is 3.03. The lowest BCUT2D eigenvalue weighted by Crippen LogP contribution is -2.47. The van der Waals surface area contributed by atoms with Crippen LogP contribution < -0.4 is 5.32 Å². The van der Waals surface area contributed by atoms with E-state index in [2.05, 4.69) is 30.2 Å². The Morgan fingerprint density at radius 3 is 2.20 bits per heavy atom. The van der Waals surface area contributed by atoms with Gasteiger partial charge in [0, 0.05) is 0 Å². The van der Waals surface area contributed by atoms with Crippen molar-refractivity contribution >= 4 is 35.1 Å². The van der Waals surface area contributed by atoms with Gasteiger partial charge >= 0.3 is 5.97 Å². The van der Waals surface area contributed by atoms with Crippen molar-refractivity contribution in [3.8, 4) is 0 Å². The molecule has 0 heterocycles. The van der Waals surface area contributed by atoms with Gasteiger partial charge in [-0.3, -0.25) is 0 Å². The summed E-state index contributed by atoms with van der Waals surface area (Å²) < 4.78 is 0.187. The number of carbonyl (C=O) groups is 1. The molecule has 10 heavy (non-hydrogen) atoms. The van der Waals surface area contributed by atoms with Crippen LogP contribution in [0.4, 0.5) is 0 Å². The second kappa shape index (κ2) is 3.21. The first-order chi connectivity index (χ1) is 4.36. The van der Waals surface area contributed by atoms with Crippen molar-refractivity contribution in [2.75, 3.05) is 0 Å². The zero-order valence-corrected chi connectivity index (χ0v) is 7.42. The van der Waals surface area contributed by atoms with Crippen LogP contribution in [0.25, 0.3) is 0 Å². The number of thiocarbonyl (C=S) groups is 1. The van der Waals surface area contributed by atoms with Crippen LogP contribution in [0.2, 0.25) is 0 Å². The molecule has 0 radical (unpaired) electrons. The number of nitrogens with one attached hydrogen (secondary N) is 1. The monoisotopic (exact) mass is 179 g/mol. The standard InChI is InChI=1S/C5H9NO2S2/c1-5(2,3(7)8)6-4(9)10/h1-2H3,(H,7,8)(H2,6,9,10). The maximum atomic E-state index is 10.4. The van der Waals surface area contributed by atoms with E-state index >= 15 is 0 Å². The Morgan fingerprint density at radius 1 is 1.70 bits per heavy atom. The van der Waals surface area contributed by atoms with Crippen molar-refractivity contribution in [1.82, 2.24) is 5.32 Å². The van der Waals surface area contributed by atoms with Gasteiger partial charge in [0.2, 0.25) is 0 Å². The first kappa shape index (κ1) is 9.71. The second-order valence-electron chi connectivity index (χ2n) is 2.36. The summed E-state index contributed by atoms with van der Waals surface area (Å²) in [5.41, 5.74) is -1.03. The summed E-state index contributed by atoms with van der Waals surface area (Å²) >= 11 is 8.30. The Morgan fingerprint density at radius 2 is 2.10 bits per heavy atom. The SMILES string of the molecule is CC(C)(NC(=S)S)C(=O)O. The molecule has 0 saturated heterocycles. The minimum absolute atomic E-state index is 0.187. The number of hydrogen-bond acceptors (Lipinski definition) is 2. The van der Waals surface area contributed by atoms with E-state index in [0.29, 0.717) is 0 Å². The first-order valence-corrected chi connectivity index (χ1v) is 3.46. The third-order valence-corrected chi connectivity index (χ3v) is 1.17. The van der Waals surface area contributed by atoms with Crippen molar-refractivity contribution in [3.05, 3.63) is 0 Å². The van der Waals surface area contributed by atoms with E-state index in [4.69, 9.17) is 5.11 Å². The number of carboxylic acids is 1. The molecule has 0 atom stereocenters. The lowest BCUT2D eigenvalue weighted by molar-refractivity contribution is -0.142. The first-order valence-electron chi connectivity index (χ1n) is 2.61. The van der Waals surface area contributed by atoms with Gasteiger partial charge in [0.1, 0.15) is 9.86 Å². The quantitative estimate of drug-likeness (QED) is 0.430. The van der Waals surface area contributed by atoms with E-state index in [1.165, 1.54) is 13.8 Å². The molecule has 0 bridgehead atoms. The molecular weight excluding hydrogens is 170 g/mol. The predicted molar refractivity (Wildman–Crippen MR) is 46.4 cm³/mol. The average Bonchev–Trinajstić information content (AvgIpc) is 1.60. The predicted octanol–water partition coefficient (Wildman–Crippen LogP) is 0.654. The van der Waals surface area contributed by atoms with E-state index in [-0.39, 0.29) is 4.32 Å². The summed E-state index contributed by atoms with van der Waals surface area (Å²) in [6, 6.07) is 0. The molecule has 0 aliphatic carbocycles. The fourth-order valence-corrected chi connectivity index (χ4v) is 0.855. The molecule has 0 fully saturated rings. The molecule has 5 heteroatoms. The lowest BCUT2D eigenvalue weighted by Gasteiger charge is -2.20. The van der Waals surface area contributed by atoms with Gasteiger partial charge in [0.05, 0.1) is 0 Å². The summed E-state index contributed by atoms with van der Waals surface area (Å²) in [4.78, 5) is 10.4. The molecule has 58 valence electrons. The molecule has 0 amide bonds. The molecule has 3 nitrogen and oxygen atoms in total. The molecule has 2 N–H and O–H groups in total. The highest BCUT2D eigenvalue weighted by molar-refractivity contribution is 8.11. The van der Waals surface area contributed by atoms with Crippen LogP contribution in [0, 0.1) is 0 Å². The molecule has 0 unspecified atom stereocenters. The summed E-state index contributed by atoms with van der Waals surface area (Å²) in [7, 11) is 0. The molecule has 0 aliphatic heterocycles. The zero-order valence-electron chi connectivity index (χ0n) is 5.71. The summed E-state index contributed by atoms with van der Waals surface area (Å²) in [6.07, 6.45) is 0. The summed E-state index contributed by atoms with van der Waals surface area (Å²) in [5, 5.41) is 11.0. The molecule has 0 aromatic rings. The molecule has 0 rings (SSSR count). The zero-order chi connectivity index (χ0) is 8.36. The minimum atomic E-state index is -1.03. The Labute approximate surface area is 70.2 Å².